The van der Waals surface area contributed by atoms with Gasteiger partial charge in [0, 0.05) is 13.2 Å². The molecule has 1 amide bonds. The largest absolute Gasteiger partial charge is 0.417 e. The summed E-state index contributed by atoms with van der Waals surface area (Å²) in [5.41, 5.74) is -1.46. The van der Waals surface area contributed by atoms with Crippen LogP contribution in [0.2, 0.25) is 5.02 Å². The number of rotatable bonds is 9. The van der Waals surface area contributed by atoms with Gasteiger partial charge in [0.1, 0.15) is 6.54 Å². The number of halogens is 4. The molecule has 1 fully saturated rings. The molecule has 2 rings (SSSR count). The standard InChI is InChI=1S/C19H26ClF3N2O4S/c1-30(27,28)25(14-8-9-17(20)16(12-14)19(21,22)23)13-18(26)24-10-5-11-29-15-6-3-2-4-7-15/h8-9,12,15H,2-7,10-11,13H2,1H3,(H,24,26). The highest BCUT2D eigenvalue weighted by atomic mass is 35.5. The van der Waals surface area contributed by atoms with Crippen LogP contribution in [0.15, 0.2) is 18.2 Å². The molecule has 0 bridgehead atoms. The highest BCUT2D eigenvalue weighted by Crippen LogP contribution is 2.37. The molecule has 1 aliphatic rings. The van der Waals surface area contributed by atoms with Gasteiger partial charge in [0.05, 0.1) is 28.6 Å². The lowest BCUT2D eigenvalue weighted by Crippen LogP contribution is -2.41. The Kier molecular flexibility index (Phi) is 8.81. The van der Waals surface area contributed by atoms with E-state index in [-0.39, 0.29) is 18.3 Å². The van der Waals surface area contributed by atoms with Gasteiger partial charge in [-0.3, -0.25) is 9.10 Å². The van der Waals surface area contributed by atoms with Crippen LogP contribution in [0.4, 0.5) is 18.9 Å². The maximum atomic E-state index is 13.1. The number of benzene rings is 1. The van der Waals surface area contributed by atoms with Crippen molar-refractivity contribution >= 4 is 33.2 Å². The van der Waals surface area contributed by atoms with Gasteiger partial charge in [-0.25, -0.2) is 8.42 Å². The molecular weight excluding hydrogens is 445 g/mol. The van der Waals surface area contributed by atoms with E-state index in [1.807, 2.05) is 0 Å². The zero-order valence-electron chi connectivity index (χ0n) is 16.7. The zero-order valence-corrected chi connectivity index (χ0v) is 18.2. The van der Waals surface area contributed by atoms with Crippen LogP contribution in [-0.4, -0.2) is 46.4 Å². The van der Waals surface area contributed by atoms with Crippen LogP contribution in [0.25, 0.3) is 0 Å². The van der Waals surface area contributed by atoms with E-state index < -0.39 is 39.2 Å². The quantitative estimate of drug-likeness (QED) is 0.554. The van der Waals surface area contributed by atoms with E-state index in [0.29, 0.717) is 23.4 Å². The number of hydrogen-bond donors (Lipinski definition) is 1. The van der Waals surface area contributed by atoms with Crippen LogP contribution >= 0.6 is 11.6 Å². The lowest BCUT2D eigenvalue weighted by atomic mass is 9.98. The fourth-order valence-electron chi connectivity index (χ4n) is 3.25. The number of nitrogens with zero attached hydrogens (tertiary/aromatic N) is 1. The Morgan fingerprint density at radius 1 is 1.27 bits per heavy atom. The Morgan fingerprint density at radius 3 is 2.53 bits per heavy atom. The molecule has 1 aromatic carbocycles. The van der Waals surface area contributed by atoms with E-state index in [4.69, 9.17) is 16.3 Å². The van der Waals surface area contributed by atoms with E-state index in [0.717, 1.165) is 44.1 Å². The van der Waals surface area contributed by atoms with Crippen molar-refractivity contribution in [3.8, 4) is 0 Å². The van der Waals surface area contributed by atoms with Crippen LogP contribution < -0.4 is 9.62 Å². The Morgan fingerprint density at radius 2 is 1.93 bits per heavy atom. The van der Waals surface area contributed by atoms with Gasteiger partial charge in [-0.2, -0.15) is 13.2 Å². The highest BCUT2D eigenvalue weighted by Gasteiger charge is 2.34. The normalized spacial score (nSPS) is 15.8. The van der Waals surface area contributed by atoms with Crippen molar-refractivity contribution in [1.29, 1.82) is 0 Å². The molecule has 0 radical (unpaired) electrons. The summed E-state index contributed by atoms with van der Waals surface area (Å²) in [4.78, 5) is 12.2. The molecule has 0 unspecified atom stereocenters. The molecule has 0 heterocycles. The number of alkyl halides is 3. The maximum absolute atomic E-state index is 13.1. The monoisotopic (exact) mass is 470 g/mol. The lowest BCUT2D eigenvalue weighted by molar-refractivity contribution is -0.137. The summed E-state index contributed by atoms with van der Waals surface area (Å²) in [7, 11) is -4.00. The molecular formula is C19H26ClF3N2O4S. The maximum Gasteiger partial charge on any atom is 0.417 e. The van der Waals surface area contributed by atoms with Crippen LogP contribution in [0.1, 0.15) is 44.1 Å². The van der Waals surface area contributed by atoms with Crippen LogP contribution in [-0.2, 0) is 25.7 Å². The van der Waals surface area contributed by atoms with Crippen molar-refractivity contribution in [2.75, 3.05) is 30.3 Å². The van der Waals surface area contributed by atoms with Gasteiger partial charge in [0.2, 0.25) is 15.9 Å². The van der Waals surface area contributed by atoms with E-state index in [2.05, 4.69) is 5.32 Å². The van der Waals surface area contributed by atoms with Gasteiger partial charge in [0.25, 0.3) is 0 Å². The first kappa shape index (κ1) is 24.7. The van der Waals surface area contributed by atoms with Gasteiger partial charge in [0.15, 0.2) is 0 Å². The molecule has 1 aromatic rings. The van der Waals surface area contributed by atoms with E-state index in [9.17, 15) is 26.4 Å². The van der Waals surface area contributed by atoms with Gasteiger partial charge >= 0.3 is 6.18 Å². The topological polar surface area (TPSA) is 75.7 Å². The lowest BCUT2D eigenvalue weighted by Gasteiger charge is -2.23. The number of anilines is 1. The third-order valence-electron chi connectivity index (χ3n) is 4.78. The molecule has 170 valence electrons. The molecule has 0 saturated heterocycles. The fraction of sp³-hybridized carbons (Fsp3) is 0.632. The summed E-state index contributed by atoms with van der Waals surface area (Å²) in [6, 6.07) is 2.71. The Labute approximate surface area is 179 Å². The van der Waals surface area contributed by atoms with Gasteiger partial charge in [-0.1, -0.05) is 30.9 Å². The summed E-state index contributed by atoms with van der Waals surface area (Å²) in [6.07, 6.45) is 2.49. The third-order valence-corrected chi connectivity index (χ3v) is 6.25. The second kappa shape index (κ2) is 10.7. The third kappa shape index (κ3) is 7.63. The van der Waals surface area contributed by atoms with Crippen molar-refractivity contribution in [3.05, 3.63) is 28.8 Å². The van der Waals surface area contributed by atoms with Crippen molar-refractivity contribution in [2.24, 2.45) is 0 Å². The van der Waals surface area contributed by atoms with Gasteiger partial charge < -0.3 is 10.1 Å². The molecule has 0 aliphatic heterocycles. The minimum absolute atomic E-state index is 0.253. The molecule has 6 nitrogen and oxygen atoms in total. The summed E-state index contributed by atoms with van der Waals surface area (Å²) in [5, 5.41) is 2.02. The fourth-order valence-corrected chi connectivity index (χ4v) is 4.33. The predicted octanol–water partition coefficient (Wildman–Crippen LogP) is 3.98. The smallest absolute Gasteiger partial charge is 0.378 e. The number of amides is 1. The van der Waals surface area contributed by atoms with Crippen molar-refractivity contribution in [2.45, 2.75) is 50.8 Å². The SMILES string of the molecule is CS(=O)(=O)N(CC(=O)NCCCOC1CCCCC1)c1ccc(Cl)c(C(F)(F)F)c1. The van der Waals surface area contributed by atoms with Crippen LogP contribution in [0.5, 0.6) is 0 Å². The van der Waals surface area contributed by atoms with Gasteiger partial charge in [-0.05, 0) is 37.5 Å². The van der Waals surface area contributed by atoms with Gasteiger partial charge in [-0.15, -0.1) is 0 Å². The van der Waals surface area contributed by atoms with Crippen molar-refractivity contribution in [1.82, 2.24) is 5.32 Å². The first-order valence-electron chi connectivity index (χ1n) is 9.71. The number of carbonyl (C=O) groups is 1. The van der Waals surface area contributed by atoms with E-state index >= 15 is 0 Å². The summed E-state index contributed by atoms with van der Waals surface area (Å²) < 4.78 is 69.8. The molecule has 0 aromatic heterocycles. The molecule has 0 atom stereocenters. The van der Waals surface area contributed by atoms with Crippen molar-refractivity contribution in [3.63, 3.8) is 0 Å². The molecule has 0 spiro atoms. The summed E-state index contributed by atoms with van der Waals surface area (Å²) in [5.74, 6) is -0.624. The predicted molar refractivity (Wildman–Crippen MR) is 109 cm³/mol. The van der Waals surface area contributed by atoms with Crippen LogP contribution in [0, 0.1) is 0 Å². The van der Waals surface area contributed by atoms with E-state index in [1.165, 1.54) is 6.42 Å². The number of carbonyl (C=O) groups excluding carboxylic acids is 1. The molecule has 30 heavy (non-hydrogen) atoms. The first-order chi connectivity index (χ1) is 14.0. The minimum atomic E-state index is -4.75. The summed E-state index contributed by atoms with van der Waals surface area (Å²) in [6.45, 7) is 0.117. The molecule has 1 saturated carbocycles. The Balaban J connectivity index is 1.92. The van der Waals surface area contributed by atoms with Crippen molar-refractivity contribution < 1.29 is 31.1 Å². The number of ether oxygens (including phenoxy) is 1. The minimum Gasteiger partial charge on any atom is -0.378 e. The molecule has 11 heteroatoms. The Bertz CT molecular complexity index is 828. The summed E-state index contributed by atoms with van der Waals surface area (Å²) >= 11 is 5.58. The number of hydrogen-bond acceptors (Lipinski definition) is 4. The average Bonchev–Trinajstić information content (AvgIpc) is 2.65. The average molecular weight is 471 g/mol. The Hall–Kier alpha value is -1.52. The van der Waals surface area contributed by atoms with Crippen LogP contribution in [0.3, 0.4) is 0 Å². The highest BCUT2D eigenvalue weighted by molar-refractivity contribution is 7.92. The molecule has 1 aliphatic carbocycles. The van der Waals surface area contributed by atoms with E-state index in [1.54, 1.807) is 0 Å². The number of nitrogens with one attached hydrogen (secondary N) is 1. The second-order valence-corrected chi connectivity index (χ2v) is 9.58. The second-order valence-electron chi connectivity index (χ2n) is 7.27. The number of sulfonamides is 1. The molecule has 1 N–H and O–H groups in total. The zero-order chi connectivity index (χ0) is 22.4. The first-order valence-corrected chi connectivity index (χ1v) is 11.9.